The number of ether oxygens (including phenoxy) is 2. The Labute approximate surface area is 100 Å². The van der Waals surface area contributed by atoms with E-state index in [0.29, 0.717) is 26.2 Å². The summed E-state index contributed by atoms with van der Waals surface area (Å²) >= 11 is 0. The molecule has 6 heteroatoms. The lowest BCUT2D eigenvalue weighted by Crippen LogP contribution is -2.47. The van der Waals surface area contributed by atoms with Crippen LogP contribution in [0.15, 0.2) is 0 Å². The zero-order chi connectivity index (χ0) is 12.5. The quantitative estimate of drug-likeness (QED) is 0.613. The summed E-state index contributed by atoms with van der Waals surface area (Å²) in [5, 5.41) is 19.8. The molecule has 0 aliphatic carbocycles. The molecule has 98 valence electrons. The first-order valence-corrected chi connectivity index (χ1v) is 5.99. The zero-order valence-electron chi connectivity index (χ0n) is 9.96. The van der Waals surface area contributed by atoms with Gasteiger partial charge in [0.25, 0.3) is 0 Å². The van der Waals surface area contributed by atoms with Gasteiger partial charge in [0.05, 0.1) is 13.0 Å². The topological polar surface area (TPSA) is 79.2 Å². The Hall–Kier alpha value is -0.690. The minimum atomic E-state index is -1.43. The minimum Gasteiger partial charge on any atom is -0.387 e. The highest BCUT2D eigenvalue weighted by atomic mass is 16.6. The SMILES string of the molecule is CCOCCCN1C(=O)C[C@]2(O)[C@H](O)CO[C@H]12. The highest BCUT2D eigenvalue weighted by Crippen LogP contribution is 2.38. The van der Waals surface area contributed by atoms with Crippen LogP contribution in [0, 0.1) is 0 Å². The lowest BCUT2D eigenvalue weighted by atomic mass is 9.97. The molecule has 0 radical (unpaired) electrons. The van der Waals surface area contributed by atoms with Gasteiger partial charge < -0.3 is 24.6 Å². The number of nitrogens with zero attached hydrogens (tertiary/aromatic N) is 1. The van der Waals surface area contributed by atoms with Crippen molar-refractivity contribution in [3.63, 3.8) is 0 Å². The van der Waals surface area contributed by atoms with Gasteiger partial charge in [-0.3, -0.25) is 4.79 Å². The fourth-order valence-electron chi connectivity index (χ4n) is 2.40. The molecule has 0 saturated carbocycles. The molecule has 0 unspecified atom stereocenters. The Morgan fingerprint density at radius 1 is 1.65 bits per heavy atom. The number of likely N-dealkylation sites (tertiary alicyclic amines) is 1. The predicted octanol–water partition coefficient (Wildman–Crippen LogP) is -0.906. The van der Waals surface area contributed by atoms with Crippen molar-refractivity contribution in [1.82, 2.24) is 4.90 Å². The molecule has 6 nitrogen and oxygen atoms in total. The summed E-state index contributed by atoms with van der Waals surface area (Å²) in [4.78, 5) is 13.2. The Balaban J connectivity index is 1.92. The molecule has 0 spiro atoms. The van der Waals surface area contributed by atoms with E-state index in [1.54, 1.807) is 0 Å². The Kier molecular flexibility index (Phi) is 3.67. The Morgan fingerprint density at radius 3 is 3.12 bits per heavy atom. The highest BCUT2D eigenvalue weighted by molar-refractivity contribution is 5.81. The summed E-state index contributed by atoms with van der Waals surface area (Å²) in [5.41, 5.74) is -1.43. The van der Waals surface area contributed by atoms with Gasteiger partial charge in [-0.05, 0) is 13.3 Å². The number of carbonyl (C=O) groups is 1. The molecule has 2 heterocycles. The lowest BCUT2D eigenvalue weighted by Gasteiger charge is -2.27. The average molecular weight is 245 g/mol. The molecule has 2 N–H and O–H groups in total. The van der Waals surface area contributed by atoms with E-state index in [2.05, 4.69) is 0 Å². The molecule has 2 rings (SSSR count). The summed E-state index contributed by atoms with van der Waals surface area (Å²) in [6, 6.07) is 0. The molecule has 2 aliphatic heterocycles. The number of carbonyl (C=O) groups excluding carboxylic acids is 1. The maximum absolute atomic E-state index is 11.7. The van der Waals surface area contributed by atoms with Crippen molar-refractivity contribution in [2.75, 3.05) is 26.4 Å². The molecular formula is C11H19NO5. The smallest absolute Gasteiger partial charge is 0.227 e. The van der Waals surface area contributed by atoms with Crippen LogP contribution in [-0.4, -0.2) is 65.3 Å². The van der Waals surface area contributed by atoms with Gasteiger partial charge in [0, 0.05) is 19.8 Å². The van der Waals surface area contributed by atoms with Crippen LogP contribution in [0.2, 0.25) is 0 Å². The van der Waals surface area contributed by atoms with Crippen molar-refractivity contribution in [3.05, 3.63) is 0 Å². The number of hydrogen-bond donors (Lipinski definition) is 2. The van der Waals surface area contributed by atoms with E-state index in [1.807, 2.05) is 6.92 Å². The van der Waals surface area contributed by atoms with Gasteiger partial charge in [-0.25, -0.2) is 0 Å². The lowest BCUT2D eigenvalue weighted by molar-refractivity contribution is -0.136. The van der Waals surface area contributed by atoms with Crippen LogP contribution >= 0.6 is 0 Å². The van der Waals surface area contributed by atoms with Gasteiger partial charge in [-0.1, -0.05) is 0 Å². The maximum Gasteiger partial charge on any atom is 0.227 e. The van der Waals surface area contributed by atoms with E-state index in [-0.39, 0.29) is 18.9 Å². The van der Waals surface area contributed by atoms with E-state index in [4.69, 9.17) is 9.47 Å². The number of aliphatic hydroxyl groups excluding tert-OH is 1. The van der Waals surface area contributed by atoms with Gasteiger partial charge in [0.2, 0.25) is 5.91 Å². The van der Waals surface area contributed by atoms with Crippen molar-refractivity contribution in [2.24, 2.45) is 0 Å². The first kappa shape index (κ1) is 12.8. The normalized spacial score (nSPS) is 36.6. The van der Waals surface area contributed by atoms with Crippen LogP contribution in [0.4, 0.5) is 0 Å². The predicted molar refractivity (Wildman–Crippen MR) is 58.1 cm³/mol. The number of amides is 1. The van der Waals surface area contributed by atoms with Gasteiger partial charge in [-0.15, -0.1) is 0 Å². The van der Waals surface area contributed by atoms with E-state index in [9.17, 15) is 15.0 Å². The molecular weight excluding hydrogens is 226 g/mol. The van der Waals surface area contributed by atoms with Crippen LogP contribution in [0.25, 0.3) is 0 Å². The van der Waals surface area contributed by atoms with E-state index in [1.165, 1.54) is 4.90 Å². The second kappa shape index (κ2) is 4.89. The monoisotopic (exact) mass is 245 g/mol. The van der Waals surface area contributed by atoms with E-state index in [0.717, 1.165) is 0 Å². The van der Waals surface area contributed by atoms with Crippen LogP contribution in [0.1, 0.15) is 19.8 Å². The molecule has 2 fully saturated rings. The van der Waals surface area contributed by atoms with Crippen molar-refractivity contribution in [3.8, 4) is 0 Å². The molecule has 0 bridgehead atoms. The summed E-state index contributed by atoms with van der Waals surface area (Å²) in [6.07, 6.45) is -1.04. The number of fused-ring (bicyclic) bond motifs is 1. The molecule has 1 amide bonds. The Morgan fingerprint density at radius 2 is 2.41 bits per heavy atom. The van der Waals surface area contributed by atoms with Crippen molar-refractivity contribution < 1.29 is 24.5 Å². The molecule has 3 atom stereocenters. The molecule has 0 aromatic carbocycles. The summed E-state index contributed by atoms with van der Waals surface area (Å²) in [7, 11) is 0. The number of rotatable bonds is 5. The van der Waals surface area contributed by atoms with Gasteiger partial charge in [0.15, 0.2) is 6.23 Å². The third-order valence-electron chi connectivity index (χ3n) is 3.35. The van der Waals surface area contributed by atoms with Gasteiger partial charge in [0.1, 0.15) is 11.7 Å². The number of hydrogen-bond acceptors (Lipinski definition) is 5. The second-order valence-electron chi connectivity index (χ2n) is 4.51. The zero-order valence-corrected chi connectivity index (χ0v) is 9.96. The van der Waals surface area contributed by atoms with Crippen molar-refractivity contribution >= 4 is 5.91 Å². The molecule has 0 aromatic heterocycles. The van der Waals surface area contributed by atoms with Gasteiger partial charge >= 0.3 is 0 Å². The van der Waals surface area contributed by atoms with Crippen molar-refractivity contribution in [2.45, 2.75) is 37.7 Å². The third kappa shape index (κ3) is 2.18. The van der Waals surface area contributed by atoms with Crippen LogP contribution < -0.4 is 0 Å². The van der Waals surface area contributed by atoms with E-state index < -0.39 is 17.9 Å². The summed E-state index contributed by atoms with van der Waals surface area (Å²) < 4.78 is 10.5. The third-order valence-corrected chi connectivity index (χ3v) is 3.35. The fourth-order valence-corrected chi connectivity index (χ4v) is 2.40. The summed E-state index contributed by atoms with van der Waals surface area (Å²) in [6.45, 7) is 3.70. The molecule has 17 heavy (non-hydrogen) atoms. The van der Waals surface area contributed by atoms with E-state index >= 15 is 0 Å². The van der Waals surface area contributed by atoms with Crippen LogP contribution in [0.5, 0.6) is 0 Å². The molecule has 2 aliphatic rings. The largest absolute Gasteiger partial charge is 0.387 e. The molecule has 0 aromatic rings. The second-order valence-corrected chi connectivity index (χ2v) is 4.51. The number of aliphatic hydroxyl groups is 2. The fraction of sp³-hybridized carbons (Fsp3) is 0.909. The maximum atomic E-state index is 11.7. The average Bonchev–Trinajstić information content (AvgIpc) is 2.69. The summed E-state index contributed by atoms with van der Waals surface area (Å²) in [5.74, 6) is -0.173. The highest BCUT2D eigenvalue weighted by Gasteiger charge is 2.59. The van der Waals surface area contributed by atoms with Crippen LogP contribution in [0.3, 0.4) is 0 Å². The van der Waals surface area contributed by atoms with Crippen LogP contribution in [-0.2, 0) is 14.3 Å². The Bertz CT molecular complexity index is 298. The standard InChI is InChI=1S/C11H19NO5/c1-2-16-5-3-4-12-9(14)6-11(15)8(13)7-17-10(11)12/h8,10,13,15H,2-7H2,1H3/t8-,10+,11+/m1/s1. The molecule has 2 saturated heterocycles. The van der Waals surface area contributed by atoms with Gasteiger partial charge in [-0.2, -0.15) is 0 Å². The first-order valence-electron chi connectivity index (χ1n) is 5.99. The first-order chi connectivity index (χ1) is 8.09. The van der Waals surface area contributed by atoms with Crippen molar-refractivity contribution in [1.29, 1.82) is 0 Å². The minimum absolute atomic E-state index is 0.0620.